The zero-order valence-electron chi connectivity index (χ0n) is 5.20. The van der Waals surface area contributed by atoms with E-state index in [9.17, 15) is 0 Å². The Morgan fingerprint density at radius 1 is 1.78 bits per heavy atom. The van der Waals surface area contributed by atoms with Crippen LogP contribution in [-0.4, -0.2) is 30.1 Å². The average molecular weight is 134 g/mol. The molecule has 0 radical (unpaired) electrons. The molecule has 0 aliphatic rings. The van der Waals surface area contributed by atoms with Gasteiger partial charge in [0, 0.05) is 7.11 Å². The Labute approximate surface area is 53.4 Å². The lowest BCUT2D eigenvalue weighted by Gasteiger charge is -1.79. The summed E-state index contributed by atoms with van der Waals surface area (Å²) in [7, 11) is 1.64. The summed E-state index contributed by atoms with van der Waals surface area (Å²) >= 11 is 0. The monoisotopic (exact) mass is 134 g/mol. The van der Waals surface area contributed by atoms with Gasteiger partial charge in [-0.25, -0.2) is 4.79 Å². The fraction of sp³-hybridized carbons (Fsp3) is 0.400. The molecule has 0 fully saturated rings. The van der Waals surface area contributed by atoms with Crippen LogP contribution in [0.4, 0.5) is 4.79 Å². The topological polar surface area (TPSA) is 66.8 Å². The van der Waals surface area contributed by atoms with E-state index in [1.165, 1.54) is 0 Å². The quantitative estimate of drug-likeness (QED) is 0.554. The minimum Gasteiger partial charge on any atom is -0.450 e. The summed E-state index contributed by atoms with van der Waals surface area (Å²) < 4.78 is 4.57. The van der Waals surface area contributed by atoms with E-state index < -0.39 is 6.16 Å². The number of hydrogen-bond acceptors (Lipinski definition) is 2. The van der Waals surface area contributed by atoms with E-state index in [0.717, 1.165) is 0 Å². The van der Waals surface area contributed by atoms with E-state index in [0.29, 0.717) is 6.61 Å². The fourth-order valence-electron chi connectivity index (χ4n) is 0.118. The van der Waals surface area contributed by atoms with Gasteiger partial charge in [0.25, 0.3) is 0 Å². The Bertz CT molecular complexity index is 75.0. The Morgan fingerprint density at radius 2 is 2.11 bits per heavy atom. The molecule has 0 saturated heterocycles. The van der Waals surface area contributed by atoms with Crippen molar-refractivity contribution in [3.8, 4) is 0 Å². The number of ether oxygens (including phenoxy) is 1. The van der Waals surface area contributed by atoms with Gasteiger partial charge in [-0.15, -0.1) is 6.58 Å². The van der Waals surface area contributed by atoms with Crippen LogP contribution in [0, 0.1) is 0 Å². The maximum absolute atomic E-state index is 8.56. The molecule has 0 aromatic heterocycles. The molecule has 4 nitrogen and oxygen atoms in total. The van der Waals surface area contributed by atoms with Crippen molar-refractivity contribution >= 4 is 6.16 Å². The molecule has 0 aromatic carbocycles. The van der Waals surface area contributed by atoms with Crippen LogP contribution in [-0.2, 0) is 4.74 Å². The minimum absolute atomic E-state index is 0.653. The number of carboxylic acid groups (broad SMARTS) is 2. The molecule has 0 spiro atoms. The van der Waals surface area contributed by atoms with Crippen LogP contribution in [0.15, 0.2) is 12.7 Å². The van der Waals surface area contributed by atoms with E-state index in [2.05, 4.69) is 11.3 Å². The van der Waals surface area contributed by atoms with Crippen molar-refractivity contribution in [1.82, 2.24) is 0 Å². The molecule has 4 heteroatoms. The first-order valence-electron chi connectivity index (χ1n) is 2.16. The zero-order valence-corrected chi connectivity index (χ0v) is 5.20. The lowest BCUT2D eigenvalue weighted by molar-refractivity contribution is 0.137. The number of hydrogen-bond donors (Lipinski definition) is 2. The molecule has 54 valence electrons. The van der Waals surface area contributed by atoms with Gasteiger partial charge < -0.3 is 14.9 Å². The number of rotatable bonds is 2. The van der Waals surface area contributed by atoms with Gasteiger partial charge in [-0.05, 0) is 0 Å². The predicted molar refractivity (Wildman–Crippen MR) is 32.7 cm³/mol. The molecule has 0 aliphatic carbocycles. The van der Waals surface area contributed by atoms with Crippen LogP contribution >= 0.6 is 0 Å². The highest BCUT2D eigenvalue weighted by Crippen LogP contribution is 1.60. The molecule has 0 aliphatic heterocycles. The second kappa shape index (κ2) is 10.1. The van der Waals surface area contributed by atoms with Gasteiger partial charge in [-0.1, -0.05) is 6.08 Å². The maximum Gasteiger partial charge on any atom is 0.503 e. The van der Waals surface area contributed by atoms with Gasteiger partial charge in [-0.3, -0.25) is 0 Å². The summed E-state index contributed by atoms with van der Waals surface area (Å²) in [4.78, 5) is 8.56. The number of carbonyl (C=O) groups is 1. The number of methoxy groups -OCH3 is 1. The summed E-state index contributed by atoms with van der Waals surface area (Å²) in [6.07, 6.45) is -0.125. The molecular weight excluding hydrogens is 124 g/mol. The fourth-order valence-corrected chi connectivity index (χ4v) is 0.118. The molecular formula is C5H10O4. The summed E-state index contributed by atoms with van der Waals surface area (Å²) in [5.74, 6) is 0. The third-order valence-corrected chi connectivity index (χ3v) is 0.285. The van der Waals surface area contributed by atoms with Crippen molar-refractivity contribution < 1.29 is 19.7 Å². The molecule has 0 amide bonds. The van der Waals surface area contributed by atoms with E-state index in [1.807, 2.05) is 0 Å². The Morgan fingerprint density at radius 3 is 2.11 bits per heavy atom. The van der Waals surface area contributed by atoms with Crippen LogP contribution in [0.25, 0.3) is 0 Å². The van der Waals surface area contributed by atoms with Crippen LogP contribution in [0.5, 0.6) is 0 Å². The normalized spacial score (nSPS) is 6.78. The third-order valence-electron chi connectivity index (χ3n) is 0.285. The molecule has 0 unspecified atom stereocenters. The highest BCUT2D eigenvalue weighted by molar-refractivity contribution is 5.53. The van der Waals surface area contributed by atoms with E-state index in [-0.39, 0.29) is 0 Å². The Hall–Kier alpha value is -1.03. The van der Waals surface area contributed by atoms with Crippen molar-refractivity contribution in [3.05, 3.63) is 12.7 Å². The molecule has 0 rings (SSSR count). The Balaban J connectivity index is 0. The smallest absolute Gasteiger partial charge is 0.450 e. The molecule has 9 heavy (non-hydrogen) atoms. The Kier molecular flexibility index (Phi) is 12.1. The molecule has 0 bridgehead atoms. The predicted octanol–water partition coefficient (Wildman–Crippen LogP) is 1.04. The molecule has 0 aromatic rings. The summed E-state index contributed by atoms with van der Waals surface area (Å²) in [6, 6.07) is 0. The third kappa shape index (κ3) is 183. The van der Waals surface area contributed by atoms with E-state index in [4.69, 9.17) is 15.0 Å². The van der Waals surface area contributed by atoms with Crippen LogP contribution < -0.4 is 0 Å². The van der Waals surface area contributed by atoms with Gasteiger partial charge >= 0.3 is 6.16 Å². The average Bonchev–Trinajstić information content (AvgIpc) is 1.66. The van der Waals surface area contributed by atoms with Crippen molar-refractivity contribution in [1.29, 1.82) is 0 Å². The van der Waals surface area contributed by atoms with Gasteiger partial charge in [-0.2, -0.15) is 0 Å². The molecule has 0 saturated carbocycles. The maximum atomic E-state index is 8.56. The standard InChI is InChI=1S/C4H8O.CH2O3/c1-3-4-5-2;2-1(3)4/h3H,1,4H2,2H3;(H2,2,3,4). The van der Waals surface area contributed by atoms with Crippen molar-refractivity contribution in [3.63, 3.8) is 0 Å². The second-order valence-electron chi connectivity index (χ2n) is 1.03. The van der Waals surface area contributed by atoms with Gasteiger partial charge in [0.05, 0.1) is 6.61 Å². The lowest BCUT2D eigenvalue weighted by atomic mass is 10.7. The van der Waals surface area contributed by atoms with Crippen molar-refractivity contribution in [2.45, 2.75) is 0 Å². The first-order chi connectivity index (χ1) is 4.15. The largest absolute Gasteiger partial charge is 0.503 e. The zero-order chi connectivity index (χ0) is 7.70. The second-order valence-corrected chi connectivity index (χ2v) is 1.03. The van der Waals surface area contributed by atoms with Crippen molar-refractivity contribution in [2.75, 3.05) is 13.7 Å². The van der Waals surface area contributed by atoms with Gasteiger partial charge in [0.2, 0.25) is 0 Å². The first kappa shape index (κ1) is 10.9. The molecule has 0 heterocycles. The van der Waals surface area contributed by atoms with Crippen LogP contribution in [0.2, 0.25) is 0 Å². The highest BCUT2D eigenvalue weighted by Gasteiger charge is 1.70. The first-order valence-corrected chi connectivity index (χ1v) is 2.16. The highest BCUT2D eigenvalue weighted by atomic mass is 16.6. The van der Waals surface area contributed by atoms with Gasteiger partial charge in [0.15, 0.2) is 0 Å². The molecule has 0 atom stereocenters. The lowest BCUT2D eigenvalue weighted by Crippen LogP contribution is -1.81. The van der Waals surface area contributed by atoms with Crippen molar-refractivity contribution in [2.24, 2.45) is 0 Å². The summed E-state index contributed by atoms with van der Waals surface area (Å²) in [6.45, 7) is 4.08. The van der Waals surface area contributed by atoms with Gasteiger partial charge in [0.1, 0.15) is 0 Å². The van der Waals surface area contributed by atoms with Crippen LogP contribution in [0.3, 0.4) is 0 Å². The molecule has 2 N–H and O–H groups in total. The SMILES string of the molecule is C=CCOC.O=C(O)O. The van der Waals surface area contributed by atoms with E-state index in [1.54, 1.807) is 13.2 Å². The van der Waals surface area contributed by atoms with Crippen LogP contribution in [0.1, 0.15) is 0 Å². The van der Waals surface area contributed by atoms with E-state index >= 15 is 0 Å². The summed E-state index contributed by atoms with van der Waals surface area (Å²) in [5.41, 5.74) is 0. The summed E-state index contributed by atoms with van der Waals surface area (Å²) in [5, 5.41) is 13.9. The minimum atomic E-state index is -1.83.